The van der Waals surface area contributed by atoms with Gasteiger partial charge in [-0.05, 0) is 44.1 Å². The van der Waals surface area contributed by atoms with Crippen molar-refractivity contribution in [1.82, 2.24) is 4.90 Å². The van der Waals surface area contributed by atoms with E-state index in [4.69, 9.17) is 9.47 Å². The molecule has 0 atom stereocenters. The topological polar surface area (TPSA) is 21.7 Å². The van der Waals surface area contributed by atoms with Gasteiger partial charge >= 0.3 is 0 Å². The zero-order chi connectivity index (χ0) is 16.7. The minimum atomic E-state index is 0.790. The smallest absolute Gasteiger partial charge is 0.160 e. The number of rotatable bonds is 7. The molecule has 0 saturated carbocycles. The van der Waals surface area contributed by atoms with E-state index >= 15 is 0 Å². The highest BCUT2D eigenvalue weighted by Gasteiger charge is 2.05. The van der Waals surface area contributed by atoms with Crippen molar-refractivity contribution in [3.05, 3.63) is 23.8 Å². The Morgan fingerprint density at radius 3 is 1.95 bits per heavy atom. The van der Waals surface area contributed by atoms with Crippen molar-refractivity contribution in [3.63, 3.8) is 0 Å². The molecular weight excluding hydrogens is 262 g/mol. The molecule has 0 spiro atoms. The number of hydrogen-bond donors (Lipinski definition) is 0. The fourth-order valence-electron chi connectivity index (χ4n) is 1.85. The highest BCUT2D eigenvalue weighted by molar-refractivity contribution is 5.42. The largest absolute Gasteiger partial charge is 0.493 e. The first kappa shape index (κ1) is 22.1. The molecule has 1 rings (SSSR count). The van der Waals surface area contributed by atoms with E-state index in [2.05, 4.69) is 31.0 Å². The molecule has 0 radical (unpaired) electrons. The van der Waals surface area contributed by atoms with Gasteiger partial charge in [-0.25, -0.2) is 0 Å². The summed E-state index contributed by atoms with van der Waals surface area (Å²) in [5.74, 6) is 1.60. The molecule has 1 aromatic rings. The van der Waals surface area contributed by atoms with Crippen molar-refractivity contribution in [1.29, 1.82) is 0 Å². The van der Waals surface area contributed by atoms with Crippen LogP contribution in [-0.2, 0) is 6.42 Å². The number of likely N-dealkylation sites (N-methyl/N-ethyl adjacent to an activating group) is 1. The fourth-order valence-corrected chi connectivity index (χ4v) is 1.85. The maximum absolute atomic E-state index is 5.29. The first-order valence-electron chi connectivity index (χ1n) is 8.10. The van der Waals surface area contributed by atoms with Crippen LogP contribution in [0.3, 0.4) is 0 Å². The van der Waals surface area contributed by atoms with Crippen LogP contribution in [-0.4, -0.2) is 39.3 Å². The van der Waals surface area contributed by atoms with Crippen LogP contribution in [0.4, 0.5) is 0 Å². The second kappa shape index (κ2) is 15.2. The number of hydrogen-bond acceptors (Lipinski definition) is 3. The minimum Gasteiger partial charge on any atom is -0.493 e. The van der Waals surface area contributed by atoms with E-state index in [-0.39, 0.29) is 0 Å². The average molecular weight is 297 g/mol. The molecule has 0 aliphatic rings. The van der Waals surface area contributed by atoms with Gasteiger partial charge in [0.15, 0.2) is 11.5 Å². The van der Waals surface area contributed by atoms with E-state index in [1.165, 1.54) is 12.0 Å². The van der Waals surface area contributed by atoms with E-state index in [9.17, 15) is 0 Å². The summed E-state index contributed by atoms with van der Waals surface area (Å²) in [4.78, 5) is 2.34. The van der Waals surface area contributed by atoms with E-state index in [1.807, 2.05) is 33.8 Å². The summed E-state index contributed by atoms with van der Waals surface area (Å²) in [5, 5.41) is 0. The highest BCUT2D eigenvalue weighted by atomic mass is 16.5. The highest BCUT2D eigenvalue weighted by Crippen LogP contribution is 2.27. The molecule has 0 N–H and O–H groups in total. The van der Waals surface area contributed by atoms with Crippen LogP contribution in [0.25, 0.3) is 0 Å². The molecule has 0 aliphatic heterocycles. The zero-order valence-electron chi connectivity index (χ0n) is 15.3. The van der Waals surface area contributed by atoms with Crippen molar-refractivity contribution in [2.45, 2.75) is 47.5 Å². The van der Waals surface area contributed by atoms with Crippen molar-refractivity contribution >= 4 is 0 Å². The Bertz CT molecular complexity index is 340. The summed E-state index contributed by atoms with van der Waals surface area (Å²) in [6, 6.07) is 6.12. The molecule has 0 saturated heterocycles. The lowest BCUT2D eigenvalue weighted by molar-refractivity contribution is 0.337. The van der Waals surface area contributed by atoms with Gasteiger partial charge in [0.2, 0.25) is 0 Å². The van der Waals surface area contributed by atoms with Crippen LogP contribution >= 0.6 is 0 Å². The Labute approximate surface area is 132 Å². The lowest BCUT2D eigenvalue weighted by Crippen LogP contribution is -2.21. The van der Waals surface area contributed by atoms with Gasteiger partial charge in [-0.2, -0.15) is 0 Å². The number of methoxy groups -OCH3 is 2. The molecule has 0 unspecified atom stereocenters. The Hall–Kier alpha value is -1.22. The van der Waals surface area contributed by atoms with E-state index in [0.717, 1.165) is 31.0 Å². The minimum absolute atomic E-state index is 0.790. The maximum Gasteiger partial charge on any atom is 0.160 e. The lowest BCUT2D eigenvalue weighted by atomic mass is 10.1. The van der Waals surface area contributed by atoms with Crippen LogP contribution < -0.4 is 9.47 Å². The van der Waals surface area contributed by atoms with Gasteiger partial charge in [-0.3, -0.25) is 0 Å². The first-order valence-corrected chi connectivity index (χ1v) is 8.10. The molecule has 0 heterocycles. The van der Waals surface area contributed by atoms with Crippen LogP contribution in [0.5, 0.6) is 11.5 Å². The lowest BCUT2D eigenvalue weighted by Gasteiger charge is -2.16. The number of benzene rings is 1. The van der Waals surface area contributed by atoms with Crippen LogP contribution in [0.1, 0.15) is 46.6 Å². The zero-order valence-corrected chi connectivity index (χ0v) is 15.3. The van der Waals surface area contributed by atoms with Gasteiger partial charge in [-0.1, -0.05) is 40.7 Å². The third-order valence-electron chi connectivity index (χ3n) is 2.84. The number of nitrogens with zero attached hydrogens (tertiary/aromatic N) is 1. The molecule has 0 amide bonds. The second-order valence-electron chi connectivity index (χ2n) is 4.24. The van der Waals surface area contributed by atoms with Crippen LogP contribution in [0.2, 0.25) is 0 Å². The SMILES string of the molecule is CC.CC.CCCN(C)CCc1ccc(OC)c(OC)c1. The Morgan fingerprint density at radius 1 is 0.905 bits per heavy atom. The predicted octanol–water partition coefficient (Wildman–Crippen LogP) is 4.64. The third-order valence-corrected chi connectivity index (χ3v) is 2.84. The van der Waals surface area contributed by atoms with E-state index in [1.54, 1.807) is 14.2 Å². The van der Waals surface area contributed by atoms with Crippen molar-refractivity contribution in [2.24, 2.45) is 0 Å². The van der Waals surface area contributed by atoms with Gasteiger partial charge in [-0.15, -0.1) is 0 Å². The fraction of sp³-hybridized carbons (Fsp3) is 0.667. The molecule has 1 aromatic carbocycles. The molecule has 21 heavy (non-hydrogen) atoms. The summed E-state index contributed by atoms with van der Waals surface area (Å²) >= 11 is 0. The third kappa shape index (κ3) is 9.35. The second-order valence-corrected chi connectivity index (χ2v) is 4.24. The van der Waals surface area contributed by atoms with Crippen molar-refractivity contribution in [2.75, 3.05) is 34.4 Å². The van der Waals surface area contributed by atoms with E-state index < -0.39 is 0 Å². The summed E-state index contributed by atoms with van der Waals surface area (Å²) in [6.45, 7) is 12.4. The van der Waals surface area contributed by atoms with Crippen molar-refractivity contribution < 1.29 is 9.47 Å². The van der Waals surface area contributed by atoms with E-state index in [0.29, 0.717) is 0 Å². The van der Waals surface area contributed by atoms with Gasteiger partial charge in [0.05, 0.1) is 14.2 Å². The standard InChI is InChI=1S/C14H23NO2.2C2H6/c1-5-9-15(2)10-8-12-6-7-13(16-3)14(11-12)17-4;2*1-2/h6-7,11H,5,8-10H2,1-4H3;2*1-2H3. The molecule has 3 heteroatoms. The molecule has 0 aliphatic carbocycles. The quantitative estimate of drug-likeness (QED) is 0.732. The van der Waals surface area contributed by atoms with Crippen LogP contribution in [0, 0.1) is 0 Å². The summed E-state index contributed by atoms with van der Waals surface area (Å²) in [5.41, 5.74) is 1.28. The summed E-state index contributed by atoms with van der Waals surface area (Å²) in [7, 11) is 5.49. The Kier molecular flexibility index (Phi) is 15.9. The normalized spacial score (nSPS) is 9.19. The molecule has 0 bridgehead atoms. The van der Waals surface area contributed by atoms with Crippen LogP contribution in [0.15, 0.2) is 18.2 Å². The molecular formula is C18H35NO2. The Morgan fingerprint density at radius 2 is 1.48 bits per heavy atom. The van der Waals surface area contributed by atoms with Gasteiger partial charge in [0.1, 0.15) is 0 Å². The summed E-state index contributed by atoms with van der Waals surface area (Å²) in [6.07, 6.45) is 2.24. The molecule has 3 nitrogen and oxygen atoms in total. The molecule has 124 valence electrons. The summed E-state index contributed by atoms with van der Waals surface area (Å²) < 4.78 is 10.5. The number of ether oxygens (including phenoxy) is 2. The average Bonchev–Trinajstić information content (AvgIpc) is 2.56. The predicted molar refractivity (Wildman–Crippen MR) is 93.7 cm³/mol. The first-order chi connectivity index (χ1) is 10.2. The van der Waals surface area contributed by atoms with Gasteiger partial charge in [0, 0.05) is 6.54 Å². The molecule has 0 aromatic heterocycles. The van der Waals surface area contributed by atoms with Gasteiger partial charge < -0.3 is 14.4 Å². The van der Waals surface area contributed by atoms with Gasteiger partial charge in [0.25, 0.3) is 0 Å². The van der Waals surface area contributed by atoms with Crippen molar-refractivity contribution in [3.8, 4) is 11.5 Å². The molecule has 0 fully saturated rings. The maximum atomic E-state index is 5.29. The Balaban J connectivity index is 0. The monoisotopic (exact) mass is 297 g/mol.